The van der Waals surface area contributed by atoms with Gasteiger partial charge in [-0.05, 0) is 56.0 Å². The summed E-state index contributed by atoms with van der Waals surface area (Å²) in [6.07, 6.45) is 3.17. The Morgan fingerprint density at radius 1 is 1.07 bits per heavy atom. The van der Waals surface area contributed by atoms with Crippen LogP contribution in [0.5, 0.6) is 0 Å². The van der Waals surface area contributed by atoms with E-state index in [0.717, 1.165) is 30.1 Å². The van der Waals surface area contributed by atoms with E-state index < -0.39 is 15.9 Å². The van der Waals surface area contributed by atoms with Crippen LogP contribution in [-0.4, -0.2) is 42.0 Å². The highest BCUT2D eigenvalue weighted by Crippen LogP contribution is 2.31. The molecule has 0 spiro atoms. The predicted molar refractivity (Wildman–Crippen MR) is 104 cm³/mol. The average Bonchev–Trinajstić information content (AvgIpc) is 2.89. The highest BCUT2D eigenvalue weighted by molar-refractivity contribution is 7.90. The van der Waals surface area contributed by atoms with E-state index in [1.807, 2.05) is 4.90 Å². The van der Waals surface area contributed by atoms with Crippen molar-refractivity contribution in [3.63, 3.8) is 0 Å². The fourth-order valence-electron chi connectivity index (χ4n) is 3.87. The van der Waals surface area contributed by atoms with Crippen LogP contribution in [0, 0.1) is 0 Å². The van der Waals surface area contributed by atoms with Gasteiger partial charge in [-0.2, -0.15) is 0 Å². The summed E-state index contributed by atoms with van der Waals surface area (Å²) in [7, 11) is -3.84. The SMILES string of the molecule is C[C@H]1CCCCN1C(=O)c1ccc(CN2C(=O)c3ccccc3S2(=O)=O)cc1. The molecule has 1 saturated heterocycles. The van der Waals surface area contributed by atoms with Crippen LogP contribution >= 0.6 is 0 Å². The van der Waals surface area contributed by atoms with Crippen molar-refractivity contribution in [1.82, 2.24) is 9.21 Å². The largest absolute Gasteiger partial charge is 0.336 e. The molecule has 0 radical (unpaired) electrons. The Morgan fingerprint density at radius 3 is 2.46 bits per heavy atom. The van der Waals surface area contributed by atoms with Crippen LogP contribution < -0.4 is 0 Å². The van der Waals surface area contributed by atoms with Gasteiger partial charge >= 0.3 is 0 Å². The first kappa shape index (κ1) is 18.7. The lowest BCUT2D eigenvalue weighted by Gasteiger charge is -2.33. The summed E-state index contributed by atoms with van der Waals surface area (Å²) in [4.78, 5) is 27.2. The van der Waals surface area contributed by atoms with Crippen molar-refractivity contribution in [2.45, 2.75) is 43.7 Å². The highest BCUT2D eigenvalue weighted by atomic mass is 32.2. The minimum absolute atomic E-state index is 0.00368. The molecule has 2 aromatic carbocycles. The standard InChI is InChI=1S/C21H22N2O4S/c1-15-6-4-5-13-22(15)20(24)17-11-9-16(10-12-17)14-23-21(25)18-7-2-3-8-19(18)28(23,26)27/h2-3,7-12,15H,4-6,13-14H2,1H3/t15-/m0/s1. The summed E-state index contributed by atoms with van der Waals surface area (Å²) < 4.78 is 26.2. The number of hydrogen-bond donors (Lipinski definition) is 0. The zero-order valence-electron chi connectivity index (χ0n) is 15.7. The maximum atomic E-state index is 12.7. The lowest BCUT2D eigenvalue weighted by Crippen LogP contribution is -2.42. The molecular formula is C21H22N2O4S. The zero-order valence-corrected chi connectivity index (χ0v) is 16.5. The smallest absolute Gasteiger partial charge is 0.269 e. The third-order valence-corrected chi connectivity index (χ3v) is 7.29. The van der Waals surface area contributed by atoms with E-state index in [1.54, 1.807) is 36.4 Å². The Morgan fingerprint density at radius 2 is 1.79 bits per heavy atom. The molecule has 1 atom stereocenters. The topological polar surface area (TPSA) is 74.8 Å². The third kappa shape index (κ3) is 3.09. The van der Waals surface area contributed by atoms with Gasteiger partial charge in [0, 0.05) is 18.2 Å². The molecule has 0 aromatic heterocycles. The Bertz CT molecular complexity index is 1030. The van der Waals surface area contributed by atoms with Crippen molar-refractivity contribution in [2.75, 3.05) is 6.54 Å². The molecule has 28 heavy (non-hydrogen) atoms. The van der Waals surface area contributed by atoms with E-state index in [-0.39, 0.29) is 29.0 Å². The number of carbonyl (C=O) groups excluding carboxylic acids is 2. The van der Waals surface area contributed by atoms with Gasteiger partial charge in [0.15, 0.2) is 0 Å². The van der Waals surface area contributed by atoms with Gasteiger partial charge in [0.2, 0.25) is 0 Å². The number of amides is 2. The van der Waals surface area contributed by atoms with E-state index in [9.17, 15) is 18.0 Å². The van der Waals surface area contributed by atoms with Gasteiger partial charge in [0.25, 0.3) is 21.8 Å². The van der Waals surface area contributed by atoms with E-state index in [0.29, 0.717) is 11.1 Å². The number of sulfonamides is 1. The lowest BCUT2D eigenvalue weighted by atomic mass is 10.0. The second kappa shape index (κ2) is 7.05. The van der Waals surface area contributed by atoms with Crippen molar-refractivity contribution >= 4 is 21.8 Å². The molecule has 2 aliphatic heterocycles. The summed E-state index contributed by atoms with van der Waals surface area (Å²) in [5.41, 5.74) is 1.44. The van der Waals surface area contributed by atoms with Crippen LogP contribution in [0.15, 0.2) is 53.4 Å². The number of piperidine rings is 1. The molecular weight excluding hydrogens is 376 g/mol. The average molecular weight is 398 g/mol. The monoisotopic (exact) mass is 398 g/mol. The molecule has 0 unspecified atom stereocenters. The van der Waals surface area contributed by atoms with Crippen LogP contribution in [-0.2, 0) is 16.6 Å². The minimum atomic E-state index is -3.84. The molecule has 2 amide bonds. The van der Waals surface area contributed by atoms with Crippen LogP contribution in [0.25, 0.3) is 0 Å². The van der Waals surface area contributed by atoms with Crippen molar-refractivity contribution in [1.29, 1.82) is 0 Å². The Kier molecular flexibility index (Phi) is 4.71. The first-order valence-electron chi connectivity index (χ1n) is 9.45. The molecule has 2 heterocycles. The molecule has 4 rings (SSSR count). The highest BCUT2D eigenvalue weighted by Gasteiger charge is 2.40. The van der Waals surface area contributed by atoms with Crippen molar-refractivity contribution in [3.8, 4) is 0 Å². The van der Waals surface area contributed by atoms with Gasteiger partial charge in [-0.15, -0.1) is 0 Å². The summed E-state index contributed by atoms with van der Waals surface area (Å²) in [5.74, 6) is -0.520. The van der Waals surface area contributed by atoms with Crippen LogP contribution in [0.3, 0.4) is 0 Å². The third-order valence-electron chi connectivity index (χ3n) is 5.50. The summed E-state index contributed by atoms with van der Waals surface area (Å²) in [6.45, 7) is 2.78. The molecule has 0 bridgehead atoms. The normalized spacial score (nSPS) is 20.9. The van der Waals surface area contributed by atoms with Crippen LogP contribution in [0.1, 0.15) is 52.5 Å². The van der Waals surface area contributed by atoms with E-state index in [4.69, 9.17) is 0 Å². The number of benzene rings is 2. The quantitative estimate of drug-likeness (QED) is 0.796. The van der Waals surface area contributed by atoms with E-state index in [1.165, 1.54) is 12.1 Å². The number of likely N-dealkylation sites (tertiary alicyclic amines) is 1. The second-order valence-corrected chi connectivity index (χ2v) is 9.18. The van der Waals surface area contributed by atoms with Crippen molar-refractivity contribution < 1.29 is 18.0 Å². The fraction of sp³-hybridized carbons (Fsp3) is 0.333. The molecule has 2 aliphatic rings. The summed E-state index contributed by atoms with van der Waals surface area (Å²) in [6, 6.07) is 13.3. The van der Waals surface area contributed by atoms with Gasteiger partial charge in [-0.3, -0.25) is 9.59 Å². The van der Waals surface area contributed by atoms with Crippen LogP contribution in [0.2, 0.25) is 0 Å². The molecule has 1 fully saturated rings. The number of nitrogens with zero attached hydrogens (tertiary/aromatic N) is 2. The van der Waals surface area contributed by atoms with Gasteiger partial charge in [0.1, 0.15) is 4.90 Å². The van der Waals surface area contributed by atoms with Gasteiger partial charge < -0.3 is 4.90 Å². The number of hydrogen-bond acceptors (Lipinski definition) is 4. The predicted octanol–water partition coefficient (Wildman–Crippen LogP) is 3.05. The molecule has 0 aliphatic carbocycles. The minimum Gasteiger partial charge on any atom is -0.336 e. The Balaban J connectivity index is 1.53. The maximum absolute atomic E-state index is 12.7. The van der Waals surface area contributed by atoms with E-state index in [2.05, 4.69) is 6.92 Å². The first-order valence-corrected chi connectivity index (χ1v) is 10.9. The Hall–Kier alpha value is -2.67. The van der Waals surface area contributed by atoms with E-state index >= 15 is 0 Å². The Labute approximate surface area is 164 Å². The molecule has 2 aromatic rings. The number of fused-ring (bicyclic) bond motifs is 1. The zero-order chi connectivity index (χ0) is 19.9. The maximum Gasteiger partial charge on any atom is 0.269 e. The number of carbonyl (C=O) groups is 2. The first-order chi connectivity index (χ1) is 13.4. The van der Waals surface area contributed by atoms with Crippen molar-refractivity contribution in [3.05, 3.63) is 65.2 Å². The van der Waals surface area contributed by atoms with Gasteiger partial charge in [-0.25, -0.2) is 12.7 Å². The lowest BCUT2D eigenvalue weighted by molar-refractivity contribution is 0.0635. The van der Waals surface area contributed by atoms with Crippen LogP contribution in [0.4, 0.5) is 0 Å². The molecule has 0 saturated carbocycles. The molecule has 6 nitrogen and oxygen atoms in total. The van der Waals surface area contributed by atoms with Gasteiger partial charge in [-0.1, -0.05) is 24.3 Å². The molecule has 7 heteroatoms. The summed E-state index contributed by atoms with van der Waals surface area (Å²) >= 11 is 0. The number of rotatable bonds is 3. The van der Waals surface area contributed by atoms with Crippen molar-refractivity contribution in [2.24, 2.45) is 0 Å². The molecule has 146 valence electrons. The molecule has 0 N–H and O–H groups in total. The second-order valence-electron chi connectivity index (χ2n) is 7.35. The van der Waals surface area contributed by atoms with Gasteiger partial charge in [0.05, 0.1) is 12.1 Å². The summed E-state index contributed by atoms with van der Waals surface area (Å²) in [5, 5.41) is 0. The fourth-order valence-corrected chi connectivity index (χ4v) is 5.43.